The first-order valence-electron chi connectivity index (χ1n) is 11.2. The molecule has 4 aliphatic carbocycles. The van der Waals surface area contributed by atoms with Crippen LogP contribution >= 0.6 is 0 Å². The van der Waals surface area contributed by atoms with Crippen molar-refractivity contribution in [3.63, 3.8) is 0 Å². The molecule has 0 saturated heterocycles. The van der Waals surface area contributed by atoms with Crippen molar-refractivity contribution in [1.29, 1.82) is 0 Å². The zero-order valence-corrected chi connectivity index (χ0v) is 18.2. The van der Waals surface area contributed by atoms with Gasteiger partial charge in [-0.05, 0) is 80.5 Å². The van der Waals surface area contributed by atoms with Gasteiger partial charge in [0.2, 0.25) is 0 Å². The van der Waals surface area contributed by atoms with Gasteiger partial charge in [0.1, 0.15) is 17.7 Å². The van der Waals surface area contributed by atoms with Crippen molar-refractivity contribution < 1.29 is 19.1 Å². The summed E-state index contributed by atoms with van der Waals surface area (Å²) >= 11 is 0. The molecule has 0 spiro atoms. The van der Waals surface area contributed by atoms with Gasteiger partial charge in [0.15, 0.2) is 0 Å². The molecule has 0 amide bonds. The minimum atomic E-state index is -0.438. The minimum Gasteiger partial charge on any atom is -0.463 e. The monoisotopic (exact) mass is 388 g/mol. The summed E-state index contributed by atoms with van der Waals surface area (Å²) in [4.78, 5) is 37.2. The lowest BCUT2D eigenvalue weighted by atomic mass is 9.40. The number of ether oxygens (including phenoxy) is 1. The van der Waals surface area contributed by atoms with Crippen molar-refractivity contribution in [3.05, 3.63) is 0 Å². The average molecular weight is 389 g/mol. The first kappa shape index (κ1) is 20.1. The van der Waals surface area contributed by atoms with Crippen molar-refractivity contribution >= 4 is 17.5 Å². The van der Waals surface area contributed by atoms with Crippen molar-refractivity contribution in [2.24, 2.45) is 39.9 Å². The number of carbonyl (C=O) groups is 3. The Morgan fingerprint density at radius 1 is 0.964 bits per heavy atom. The van der Waals surface area contributed by atoms with E-state index in [9.17, 15) is 14.4 Å². The van der Waals surface area contributed by atoms with Gasteiger partial charge in [0.25, 0.3) is 0 Å². The van der Waals surface area contributed by atoms with E-state index in [1.165, 1.54) is 6.92 Å². The maximum atomic E-state index is 13.5. The van der Waals surface area contributed by atoms with Crippen LogP contribution in [0.1, 0.15) is 86.0 Å². The van der Waals surface area contributed by atoms with Gasteiger partial charge in [-0.15, -0.1) is 0 Å². The van der Waals surface area contributed by atoms with Gasteiger partial charge in [-0.25, -0.2) is 0 Å². The second kappa shape index (κ2) is 6.40. The third kappa shape index (κ3) is 2.58. The van der Waals surface area contributed by atoms with Gasteiger partial charge < -0.3 is 4.74 Å². The number of ketones is 2. The summed E-state index contributed by atoms with van der Waals surface area (Å²) in [6.45, 7) is 10.0. The predicted molar refractivity (Wildman–Crippen MR) is 106 cm³/mol. The molecular formula is C24H36O4. The highest BCUT2D eigenvalue weighted by atomic mass is 16.5. The van der Waals surface area contributed by atoms with Crippen LogP contribution in [-0.2, 0) is 19.1 Å². The second-order valence-electron chi connectivity index (χ2n) is 11.0. The summed E-state index contributed by atoms with van der Waals surface area (Å²) in [5.41, 5.74) is -0.219. The van der Waals surface area contributed by atoms with Gasteiger partial charge in [0, 0.05) is 24.7 Å². The van der Waals surface area contributed by atoms with Crippen LogP contribution in [0, 0.1) is 39.9 Å². The molecule has 4 aliphatic rings. The molecule has 0 aromatic carbocycles. The van der Waals surface area contributed by atoms with Crippen molar-refractivity contribution in [2.45, 2.75) is 92.1 Å². The molecule has 28 heavy (non-hydrogen) atoms. The Morgan fingerprint density at radius 3 is 2.32 bits per heavy atom. The zero-order valence-electron chi connectivity index (χ0n) is 18.2. The Labute approximate surface area is 169 Å². The summed E-state index contributed by atoms with van der Waals surface area (Å²) in [7, 11) is 0. The Morgan fingerprint density at radius 2 is 1.68 bits per heavy atom. The quantitative estimate of drug-likeness (QED) is 0.641. The molecule has 4 rings (SSSR count). The topological polar surface area (TPSA) is 60.4 Å². The van der Waals surface area contributed by atoms with E-state index in [0.29, 0.717) is 30.0 Å². The third-order valence-electron chi connectivity index (χ3n) is 10.0. The molecule has 0 heterocycles. The molecule has 8 atom stereocenters. The van der Waals surface area contributed by atoms with E-state index in [1.807, 2.05) is 0 Å². The third-order valence-corrected chi connectivity index (χ3v) is 10.0. The fourth-order valence-corrected chi connectivity index (χ4v) is 8.28. The van der Waals surface area contributed by atoms with E-state index < -0.39 is 5.41 Å². The summed E-state index contributed by atoms with van der Waals surface area (Å²) in [6, 6.07) is 0. The highest BCUT2D eigenvalue weighted by Crippen LogP contribution is 2.70. The number of carbonyl (C=O) groups excluding carboxylic acids is 3. The van der Waals surface area contributed by atoms with Gasteiger partial charge in [0.05, 0.1) is 0 Å². The summed E-state index contributed by atoms with van der Waals surface area (Å²) in [6.07, 6.45) is 7.67. The first-order valence-corrected chi connectivity index (χ1v) is 11.2. The fraction of sp³-hybridized carbons (Fsp3) is 0.875. The van der Waals surface area contributed by atoms with Crippen LogP contribution in [0.5, 0.6) is 0 Å². The molecular weight excluding hydrogens is 352 g/mol. The summed E-state index contributed by atoms with van der Waals surface area (Å²) < 4.78 is 5.59. The lowest BCUT2D eigenvalue weighted by Gasteiger charge is -2.64. The van der Waals surface area contributed by atoms with Crippen molar-refractivity contribution in [3.8, 4) is 0 Å². The molecule has 0 N–H and O–H groups in total. The average Bonchev–Trinajstić information content (AvgIpc) is 2.95. The Hall–Kier alpha value is -1.19. The molecule has 0 aromatic heterocycles. The van der Waals surface area contributed by atoms with E-state index in [0.717, 1.165) is 44.9 Å². The largest absolute Gasteiger partial charge is 0.463 e. The first-order chi connectivity index (χ1) is 13.0. The molecule has 156 valence electrons. The number of hydrogen-bond acceptors (Lipinski definition) is 4. The van der Waals surface area contributed by atoms with Crippen molar-refractivity contribution in [2.75, 3.05) is 0 Å². The lowest BCUT2D eigenvalue weighted by Crippen LogP contribution is -2.60. The van der Waals surface area contributed by atoms with E-state index in [4.69, 9.17) is 4.74 Å². The Bertz CT molecular complexity index is 713. The molecule has 0 unspecified atom stereocenters. The SMILES string of the molecule is CC(=O)O[C@@H]1CC[C@]2(C)[C@H]3CC(=O)[C@]4(C)[C@@H](C(C)=O)CC[C@H]4[C@@H]3CC[C@@]2(C)C1. The molecule has 4 heteroatoms. The Balaban J connectivity index is 1.64. The van der Waals surface area contributed by atoms with Crippen LogP contribution < -0.4 is 0 Å². The number of fused-ring (bicyclic) bond motifs is 5. The van der Waals surface area contributed by atoms with Crippen LogP contribution in [-0.4, -0.2) is 23.6 Å². The predicted octanol–water partition coefficient (Wildman–Crippen LogP) is 4.74. The maximum Gasteiger partial charge on any atom is 0.302 e. The van der Waals surface area contributed by atoms with E-state index in [1.54, 1.807) is 6.92 Å². The molecule has 0 radical (unpaired) electrons. The second-order valence-corrected chi connectivity index (χ2v) is 11.0. The van der Waals surface area contributed by atoms with E-state index in [-0.39, 0.29) is 34.6 Å². The fourth-order valence-electron chi connectivity index (χ4n) is 8.28. The van der Waals surface area contributed by atoms with Crippen molar-refractivity contribution in [1.82, 2.24) is 0 Å². The zero-order chi connectivity index (χ0) is 20.5. The van der Waals surface area contributed by atoms with Crippen LogP contribution in [0.25, 0.3) is 0 Å². The van der Waals surface area contributed by atoms with Crippen LogP contribution in [0.15, 0.2) is 0 Å². The van der Waals surface area contributed by atoms with Gasteiger partial charge in [-0.3, -0.25) is 14.4 Å². The minimum absolute atomic E-state index is 0.0188. The smallest absolute Gasteiger partial charge is 0.302 e. The standard InChI is InChI=1S/C24H36O4/c1-14(25)18-6-7-19-17-9-10-22(3)13-16(28-15(2)26)8-11-23(22,4)20(17)12-21(27)24(18,19)5/h16-20H,6-13H2,1-5H3/t16-,17+,18-,19+,20+,22+,23-,24-/m1/s1. The normalized spacial score (nSPS) is 50.3. The van der Waals surface area contributed by atoms with E-state index >= 15 is 0 Å². The highest BCUT2D eigenvalue weighted by Gasteiger charge is 2.66. The van der Waals surface area contributed by atoms with Crippen LogP contribution in [0.3, 0.4) is 0 Å². The lowest BCUT2D eigenvalue weighted by molar-refractivity contribution is -0.185. The molecule has 4 saturated carbocycles. The van der Waals surface area contributed by atoms with Crippen LogP contribution in [0.4, 0.5) is 0 Å². The molecule has 4 nitrogen and oxygen atoms in total. The summed E-state index contributed by atoms with van der Waals surface area (Å²) in [5.74, 6) is 1.59. The maximum absolute atomic E-state index is 13.5. The molecule has 0 bridgehead atoms. The number of Topliss-reactive ketones (excluding diaryl/α,β-unsaturated/α-hetero) is 2. The molecule has 0 aliphatic heterocycles. The number of esters is 1. The molecule has 4 fully saturated rings. The van der Waals surface area contributed by atoms with Crippen LogP contribution in [0.2, 0.25) is 0 Å². The van der Waals surface area contributed by atoms with Gasteiger partial charge in [-0.2, -0.15) is 0 Å². The Kier molecular flexibility index (Phi) is 4.60. The molecule has 0 aromatic rings. The number of hydrogen-bond donors (Lipinski definition) is 0. The van der Waals surface area contributed by atoms with Gasteiger partial charge in [-0.1, -0.05) is 20.8 Å². The van der Waals surface area contributed by atoms with E-state index in [2.05, 4.69) is 20.8 Å². The summed E-state index contributed by atoms with van der Waals surface area (Å²) in [5, 5.41) is 0. The van der Waals surface area contributed by atoms with Gasteiger partial charge >= 0.3 is 5.97 Å². The highest BCUT2D eigenvalue weighted by molar-refractivity contribution is 5.93. The number of rotatable bonds is 2.